The van der Waals surface area contributed by atoms with Gasteiger partial charge in [0.15, 0.2) is 0 Å². The van der Waals surface area contributed by atoms with E-state index in [0.717, 1.165) is 0 Å². The lowest BCUT2D eigenvalue weighted by molar-refractivity contribution is 0.0995. The largest absolute Gasteiger partial charge is 0.505 e. The Bertz CT molecular complexity index is 1350. The molecule has 0 aliphatic heterocycles. The van der Waals surface area contributed by atoms with E-state index in [4.69, 9.17) is 4.74 Å². The van der Waals surface area contributed by atoms with Crippen LogP contribution in [0.5, 0.6) is 11.5 Å². The van der Waals surface area contributed by atoms with E-state index >= 15 is 0 Å². The number of hydrogen-bond acceptors (Lipinski definition) is 6. The summed E-state index contributed by atoms with van der Waals surface area (Å²) >= 11 is 0. The quantitative estimate of drug-likeness (QED) is 0.310. The van der Waals surface area contributed by atoms with Gasteiger partial charge in [-0.15, -0.1) is 10.2 Å². The summed E-state index contributed by atoms with van der Waals surface area (Å²) in [5.74, 6) is -0.175. The highest BCUT2D eigenvalue weighted by Gasteiger charge is 2.23. The van der Waals surface area contributed by atoms with Crippen LogP contribution in [0.25, 0.3) is 0 Å². The van der Waals surface area contributed by atoms with Crippen LogP contribution in [-0.4, -0.2) is 26.5 Å². The van der Waals surface area contributed by atoms with Gasteiger partial charge in [-0.25, -0.2) is 8.42 Å². The molecule has 0 atom stereocenters. The van der Waals surface area contributed by atoms with Gasteiger partial charge in [-0.05, 0) is 60.9 Å². The van der Waals surface area contributed by atoms with Crippen molar-refractivity contribution in [1.29, 1.82) is 0 Å². The standard InChI is InChI=1S/C24H21N3O5S/c1-32-17-11-13-18(14-12-17)33(30,31)27-21-15-22(23(28)20-10-6-5-9-19(20)21)25-26-24(29)16-7-3-2-4-8-16/h2-8,11-15,27-28H,9-10H2,1H3. The second-order valence-electron chi connectivity index (χ2n) is 7.28. The van der Waals surface area contributed by atoms with Crippen LogP contribution in [0.15, 0.2) is 87.9 Å². The first-order chi connectivity index (χ1) is 15.9. The molecule has 1 amide bonds. The number of carbonyl (C=O) groups is 1. The summed E-state index contributed by atoms with van der Waals surface area (Å²) in [6.45, 7) is 0. The van der Waals surface area contributed by atoms with E-state index in [1.54, 1.807) is 42.5 Å². The topological polar surface area (TPSA) is 117 Å². The molecule has 168 valence electrons. The number of nitrogens with zero attached hydrogens (tertiary/aromatic N) is 2. The number of phenolic OH excluding ortho intramolecular Hbond substituents is 1. The second kappa shape index (κ2) is 9.25. The van der Waals surface area contributed by atoms with Crippen LogP contribution in [0.2, 0.25) is 0 Å². The van der Waals surface area contributed by atoms with Crippen molar-refractivity contribution >= 4 is 27.3 Å². The summed E-state index contributed by atoms with van der Waals surface area (Å²) in [5.41, 5.74) is 1.79. The van der Waals surface area contributed by atoms with Gasteiger partial charge in [0.05, 0.1) is 17.7 Å². The van der Waals surface area contributed by atoms with Crippen molar-refractivity contribution in [3.8, 4) is 11.5 Å². The summed E-state index contributed by atoms with van der Waals surface area (Å²) in [6.07, 6.45) is 4.60. The minimum atomic E-state index is -3.93. The van der Waals surface area contributed by atoms with Gasteiger partial charge >= 0.3 is 0 Å². The van der Waals surface area contributed by atoms with E-state index in [1.165, 1.54) is 25.3 Å². The molecule has 0 bridgehead atoms. The van der Waals surface area contributed by atoms with Crippen molar-refractivity contribution in [2.45, 2.75) is 17.7 Å². The molecule has 4 rings (SSSR count). The zero-order chi connectivity index (χ0) is 23.4. The minimum Gasteiger partial charge on any atom is -0.505 e. The van der Waals surface area contributed by atoms with Crippen molar-refractivity contribution in [1.82, 2.24) is 0 Å². The third-order valence-electron chi connectivity index (χ3n) is 5.19. The number of anilines is 1. The summed E-state index contributed by atoms with van der Waals surface area (Å²) in [5, 5.41) is 18.4. The number of azo groups is 1. The van der Waals surface area contributed by atoms with E-state index in [9.17, 15) is 18.3 Å². The molecule has 0 aromatic heterocycles. The number of ether oxygens (including phenoxy) is 1. The number of hydrogen-bond donors (Lipinski definition) is 2. The van der Waals surface area contributed by atoms with E-state index in [-0.39, 0.29) is 22.0 Å². The summed E-state index contributed by atoms with van der Waals surface area (Å²) in [4.78, 5) is 12.3. The van der Waals surface area contributed by atoms with Crippen molar-refractivity contribution in [3.63, 3.8) is 0 Å². The molecule has 0 heterocycles. The summed E-state index contributed by atoms with van der Waals surface area (Å²) in [7, 11) is -2.43. The summed E-state index contributed by atoms with van der Waals surface area (Å²) in [6, 6.07) is 15.8. The molecular formula is C24H21N3O5S. The first kappa shape index (κ1) is 22.2. The van der Waals surface area contributed by atoms with Crippen molar-refractivity contribution < 1.29 is 23.1 Å². The van der Waals surface area contributed by atoms with Gasteiger partial charge in [-0.1, -0.05) is 30.4 Å². The van der Waals surface area contributed by atoms with Crippen molar-refractivity contribution in [2.24, 2.45) is 10.2 Å². The van der Waals surface area contributed by atoms with Gasteiger partial charge in [0.2, 0.25) is 0 Å². The number of benzene rings is 3. The molecule has 0 unspecified atom stereocenters. The fourth-order valence-electron chi connectivity index (χ4n) is 3.47. The molecule has 0 saturated carbocycles. The Morgan fingerprint density at radius 1 is 1.00 bits per heavy atom. The number of rotatable bonds is 6. The number of aromatic hydroxyl groups is 1. The third kappa shape index (κ3) is 4.78. The van der Waals surface area contributed by atoms with Gasteiger partial charge in [0.25, 0.3) is 15.9 Å². The zero-order valence-corrected chi connectivity index (χ0v) is 18.5. The van der Waals surface area contributed by atoms with Crippen LogP contribution < -0.4 is 9.46 Å². The predicted octanol–water partition coefficient (Wildman–Crippen LogP) is 4.78. The Kier molecular flexibility index (Phi) is 6.23. The van der Waals surface area contributed by atoms with Crippen LogP contribution in [0, 0.1) is 0 Å². The molecular weight excluding hydrogens is 442 g/mol. The lowest BCUT2D eigenvalue weighted by Crippen LogP contribution is -2.15. The molecule has 1 aliphatic carbocycles. The third-order valence-corrected chi connectivity index (χ3v) is 6.57. The van der Waals surface area contributed by atoms with Crippen LogP contribution in [-0.2, 0) is 22.9 Å². The number of fused-ring (bicyclic) bond motifs is 1. The van der Waals surface area contributed by atoms with Gasteiger partial charge in [0, 0.05) is 11.1 Å². The number of carbonyl (C=O) groups excluding carboxylic acids is 1. The maximum Gasteiger partial charge on any atom is 0.295 e. The predicted molar refractivity (Wildman–Crippen MR) is 124 cm³/mol. The lowest BCUT2D eigenvalue weighted by atomic mass is 9.93. The SMILES string of the molecule is COc1ccc(S(=O)(=O)Nc2cc(N=NC(=O)c3ccccc3)c(O)c3c2CC=CC3)cc1. The first-order valence-electron chi connectivity index (χ1n) is 10.1. The number of methoxy groups -OCH3 is 1. The maximum absolute atomic E-state index is 13.0. The van der Waals surface area contributed by atoms with Gasteiger partial charge < -0.3 is 9.84 Å². The van der Waals surface area contributed by atoms with Crippen molar-refractivity contribution in [3.05, 3.63) is 89.5 Å². The van der Waals surface area contributed by atoms with Crippen molar-refractivity contribution in [2.75, 3.05) is 11.8 Å². The number of allylic oxidation sites excluding steroid dienone is 2. The van der Waals surface area contributed by atoms with E-state index < -0.39 is 15.9 Å². The second-order valence-corrected chi connectivity index (χ2v) is 8.96. The fraction of sp³-hybridized carbons (Fsp3) is 0.125. The number of phenols is 1. The normalized spacial score (nSPS) is 13.0. The van der Waals surface area contributed by atoms with Gasteiger partial charge in [-0.2, -0.15) is 0 Å². The maximum atomic E-state index is 13.0. The number of amides is 1. The van der Waals surface area contributed by atoms with E-state index in [1.807, 2.05) is 12.2 Å². The minimum absolute atomic E-state index is 0.000706. The molecule has 2 N–H and O–H groups in total. The van der Waals surface area contributed by atoms with Gasteiger partial charge in [-0.3, -0.25) is 9.52 Å². The van der Waals surface area contributed by atoms with Crippen LogP contribution >= 0.6 is 0 Å². The number of sulfonamides is 1. The summed E-state index contributed by atoms with van der Waals surface area (Å²) < 4.78 is 33.7. The Morgan fingerprint density at radius 3 is 2.33 bits per heavy atom. The Morgan fingerprint density at radius 2 is 1.67 bits per heavy atom. The average molecular weight is 464 g/mol. The van der Waals surface area contributed by atoms with Crippen LogP contribution in [0.1, 0.15) is 21.5 Å². The molecule has 33 heavy (non-hydrogen) atoms. The smallest absolute Gasteiger partial charge is 0.295 e. The molecule has 0 spiro atoms. The molecule has 8 nitrogen and oxygen atoms in total. The lowest BCUT2D eigenvalue weighted by Gasteiger charge is -2.20. The van der Waals surface area contributed by atoms with Gasteiger partial charge in [0.1, 0.15) is 17.2 Å². The van der Waals surface area contributed by atoms with E-state index in [0.29, 0.717) is 35.3 Å². The zero-order valence-electron chi connectivity index (χ0n) is 17.7. The first-order valence-corrected chi connectivity index (χ1v) is 11.6. The monoisotopic (exact) mass is 463 g/mol. The van der Waals surface area contributed by atoms with Crippen LogP contribution in [0.3, 0.4) is 0 Å². The Hall–Kier alpha value is -3.98. The molecule has 3 aromatic rings. The average Bonchev–Trinajstić information content (AvgIpc) is 2.85. The highest BCUT2D eigenvalue weighted by atomic mass is 32.2. The highest BCUT2D eigenvalue weighted by molar-refractivity contribution is 7.92. The molecule has 0 radical (unpaired) electrons. The molecule has 0 fully saturated rings. The Labute approximate surface area is 191 Å². The molecule has 9 heteroatoms. The molecule has 0 saturated heterocycles. The molecule has 1 aliphatic rings. The highest BCUT2D eigenvalue weighted by Crippen LogP contribution is 2.41. The number of nitrogens with one attached hydrogen (secondary N) is 1. The van der Waals surface area contributed by atoms with Crippen LogP contribution in [0.4, 0.5) is 11.4 Å². The molecule has 3 aromatic carbocycles. The fourth-order valence-corrected chi connectivity index (χ4v) is 4.56. The Balaban J connectivity index is 1.70. The van der Waals surface area contributed by atoms with E-state index in [2.05, 4.69) is 15.0 Å².